The molecule has 0 unspecified atom stereocenters. The maximum atomic E-state index is 12.0. The number of carbonyl (C=O) groups is 1. The quantitative estimate of drug-likeness (QED) is 0.661. The van der Waals surface area contributed by atoms with Crippen molar-refractivity contribution in [2.75, 3.05) is 5.75 Å². The Morgan fingerprint density at radius 1 is 0.900 bits per heavy atom. The first-order chi connectivity index (χ1) is 9.58. The summed E-state index contributed by atoms with van der Waals surface area (Å²) in [6, 6.07) is 12.7. The van der Waals surface area contributed by atoms with E-state index in [0.29, 0.717) is 26.4 Å². The lowest BCUT2D eigenvalue weighted by atomic mass is 10.1. The van der Waals surface area contributed by atoms with Crippen LogP contribution in [-0.2, 0) is 11.2 Å². The standard InChI is InChI=1S/C15H11Cl3OS/c16-12-5-3-6-13(17)11(12)8-10(19)9-20-15-7-2-1-4-14(15)18/h1-7H,8-9H2. The Kier molecular flexibility index (Phi) is 5.79. The van der Waals surface area contributed by atoms with Crippen LogP contribution in [0.25, 0.3) is 0 Å². The van der Waals surface area contributed by atoms with Crippen molar-refractivity contribution in [1.82, 2.24) is 0 Å². The number of hydrogen-bond donors (Lipinski definition) is 0. The molecule has 0 heterocycles. The van der Waals surface area contributed by atoms with Gasteiger partial charge >= 0.3 is 0 Å². The maximum Gasteiger partial charge on any atom is 0.147 e. The molecule has 1 nitrogen and oxygen atoms in total. The Morgan fingerprint density at radius 3 is 2.15 bits per heavy atom. The van der Waals surface area contributed by atoms with Crippen molar-refractivity contribution in [3.63, 3.8) is 0 Å². The number of thioether (sulfide) groups is 1. The zero-order valence-electron chi connectivity index (χ0n) is 10.4. The van der Waals surface area contributed by atoms with Gasteiger partial charge in [0.05, 0.1) is 10.8 Å². The van der Waals surface area contributed by atoms with Gasteiger partial charge in [0, 0.05) is 21.4 Å². The first kappa shape index (κ1) is 15.7. The first-order valence-corrected chi connectivity index (χ1v) is 8.02. The second kappa shape index (κ2) is 7.37. The van der Waals surface area contributed by atoms with Crippen molar-refractivity contribution in [2.45, 2.75) is 11.3 Å². The lowest BCUT2D eigenvalue weighted by molar-refractivity contribution is -0.116. The zero-order valence-corrected chi connectivity index (χ0v) is 13.5. The highest BCUT2D eigenvalue weighted by Gasteiger charge is 2.11. The smallest absolute Gasteiger partial charge is 0.147 e. The summed E-state index contributed by atoms with van der Waals surface area (Å²) in [5.74, 6) is 0.399. The van der Waals surface area contributed by atoms with E-state index in [1.54, 1.807) is 24.3 Å². The molecule has 0 amide bonds. The fourth-order valence-electron chi connectivity index (χ4n) is 1.67. The minimum atomic E-state index is 0.0601. The molecule has 0 saturated heterocycles. The van der Waals surface area contributed by atoms with Gasteiger partial charge in [-0.25, -0.2) is 0 Å². The number of halogens is 3. The molecule has 104 valence electrons. The molecule has 20 heavy (non-hydrogen) atoms. The highest BCUT2D eigenvalue weighted by molar-refractivity contribution is 8.00. The van der Waals surface area contributed by atoms with Crippen LogP contribution in [0.1, 0.15) is 5.56 Å². The Hall–Kier alpha value is -0.670. The monoisotopic (exact) mass is 344 g/mol. The van der Waals surface area contributed by atoms with Crippen LogP contribution >= 0.6 is 46.6 Å². The second-order valence-electron chi connectivity index (χ2n) is 4.13. The van der Waals surface area contributed by atoms with Gasteiger partial charge in [-0.3, -0.25) is 4.79 Å². The fraction of sp³-hybridized carbons (Fsp3) is 0.133. The van der Waals surface area contributed by atoms with Gasteiger partial charge in [0.15, 0.2) is 0 Å². The van der Waals surface area contributed by atoms with E-state index < -0.39 is 0 Å². The van der Waals surface area contributed by atoms with E-state index in [2.05, 4.69) is 0 Å². The normalized spacial score (nSPS) is 10.6. The molecule has 5 heteroatoms. The molecule has 0 fully saturated rings. The van der Waals surface area contributed by atoms with Gasteiger partial charge in [0.2, 0.25) is 0 Å². The largest absolute Gasteiger partial charge is 0.298 e. The van der Waals surface area contributed by atoms with Crippen molar-refractivity contribution in [1.29, 1.82) is 0 Å². The highest BCUT2D eigenvalue weighted by atomic mass is 35.5. The van der Waals surface area contributed by atoms with Crippen LogP contribution in [0.2, 0.25) is 15.1 Å². The molecule has 0 bridgehead atoms. The third-order valence-corrected chi connectivity index (χ3v) is 4.94. The molecular weight excluding hydrogens is 335 g/mol. The summed E-state index contributed by atoms with van der Waals surface area (Å²) < 4.78 is 0. The number of carbonyl (C=O) groups excluding carboxylic acids is 1. The van der Waals surface area contributed by atoms with Gasteiger partial charge in [0.1, 0.15) is 5.78 Å². The third kappa shape index (κ3) is 4.16. The minimum absolute atomic E-state index is 0.0601. The van der Waals surface area contributed by atoms with E-state index in [1.807, 2.05) is 18.2 Å². The summed E-state index contributed by atoms with van der Waals surface area (Å²) in [7, 11) is 0. The number of hydrogen-bond acceptors (Lipinski definition) is 2. The van der Waals surface area contributed by atoms with Crippen LogP contribution in [0.15, 0.2) is 47.4 Å². The highest BCUT2D eigenvalue weighted by Crippen LogP contribution is 2.28. The first-order valence-electron chi connectivity index (χ1n) is 5.90. The summed E-state index contributed by atoms with van der Waals surface area (Å²) in [5.41, 5.74) is 0.681. The van der Waals surface area contributed by atoms with E-state index in [4.69, 9.17) is 34.8 Å². The predicted molar refractivity (Wildman–Crippen MR) is 87.3 cm³/mol. The van der Waals surface area contributed by atoms with Gasteiger partial charge in [-0.2, -0.15) is 0 Å². The van der Waals surface area contributed by atoms with Crippen LogP contribution in [-0.4, -0.2) is 11.5 Å². The molecule has 0 radical (unpaired) electrons. The minimum Gasteiger partial charge on any atom is -0.298 e. The molecule has 0 aromatic heterocycles. The van der Waals surface area contributed by atoms with Crippen LogP contribution in [0.5, 0.6) is 0 Å². The molecular formula is C15H11Cl3OS. The second-order valence-corrected chi connectivity index (χ2v) is 6.37. The summed E-state index contributed by atoms with van der Waals surface area (Å²) in [6.07, 6.45) is 0.232. The van der Waals surface area contributed by atoms with E-state index in [1.165, 1.54) is 11.8 Å². The van der Waals surface area contributed by atoms with Crippen LogP contribution in [0.3, 0.4) is 0 Å². The molecule has 2 rings (SSSR count). The van der Waals surface area contributed by atoms with E-state index in [9.17, 15) is 4.79 Å². The van der Waals surface area contributed by atoms with Crippen LogP contribution < -0.4 is 0 Å². The van der Waals surface area contributed by atoms with Gasteiger partial charge in [-0.15, -0.1) is 11.8 Å². The Balaban J connectivity index is 1.98. The topological polar surface area (TPSA) is 17.1 Å². The molecule has 0 aliphatic heterocycles. The molecule has 0 atom stereocenters. The Morgan fingerprint density at radius 2 is 1.50 bits per heavy atom. The number of Topliss-reactive ketones (excluding diaryl/α,β-unsaturated/α-hetero) is 1. The van der Waals surface area contributed by atoms with Crippen molar-refractivity contribution in [3.8, 4) is 0 Å². The fourth-order valence-corrected chi connectivity index (χ4v) is 3.30. The Labute approximate surface area is 137 Å². The SMILES string of the molecule is O=C(CSc1ccccc1Cl)Cc1c(Cl)cccc1Cl. The third-order valence-electron chi connectivity index (χ3n) is 2.66. The predicted octanol–water partition coefficient (Wildman–Crippen LogP) is 5.55. The number of rotatable bonds is 5. The van der Waals surface area contributed by atoms with Gasteiger partial charge < -0.3 is 0 Å². The van der Waals surface area contributed by atoms with Crippen molar-refractivity contribution < 1.29 is 4.79 Å². The molecule has 2 aromatic rings. The van der Waals surface area contributed by atoms with Crippen molar-refractivity contribution >= 4 is 52.3 Å². The zero-order chi connectivity index (χ0) is 14.5. The molecule has 2 aromatic carbocycles. The van der Waals surface area contributed by atoms with Crippen molar-refractivity contribution in [2.24, 2.45) is 0 Å². The molecule has 0 spiro atoms. The Bertz CT molecular complexity index is 608. The molecule has 0 saturated carbocycles. The molecule has 0 aliphatic rings. The van der Waals surface area contributed by atoms with Gasteiger partial charge in [-0.05, 0) is 29.8 Å². The van der Waals surface area contributed by atoms with Gasteiger partial charge in [0.25, 0.3) is 0 Å². The lowest BCUT2D eigenvalue weighted by Gasteiger charge is -2.07. The van der Waals surface area contributed by atoms with Crippen molar-refractivity contribution in [3.05, 3.63) is 63.1 Å². The van der Waals surface area contributed by atoms with E-state index >= 15 is 0 Å². The maximum absolute atomic E-state index is 12.0. The van der Waals surface area contributed by atoms with E-state index in [-0.39, 0.29) is 12.2 Å². The summed E-state index contributed by atoms with van der Waals surface area (Å²) in [4.78, 5) is 12.9. The average molecular weight is 346 g/mol. The van der Waals surface area contributed by atoms with Crippen LogP contribution in [0, 0.1) is 0 Å². The average Bonchev–Trinajstić information content (AvgIpc) is 2.42. The lowest BCUT2D eigenvalue weighted by Crippen LogP contribution is -2.06. The summed E-state index contributed by atoms with van der Waals surface area (Å²) >= 11 is 19.6. The van der Waals surface area contributed by atoms with E-state index in [0.717, 1.165) is 4.90 Å². The van der Waals surface area contributed by atoms with Gasteiger partial charge in [-0.1, -0.05) is 53.0 Å². The summed E-state index contributed by atoms with van der Waals surface area (Å²) in [5, 5.41) is 1.70. The van der Waals surface area contributed by atoms with Crippen LogP contribution in [0.4, 0.5) is 0 Å². The molecule has 0 N–H and O–H groups in total. The molecule has 0 aliphatic carbocycles. The number of ketones is 1. The summed E-state index contributed by atoms with van der Waals surface area (Å²) in [6.45, 7) is 0. The number of benzene rings is 2.